The van der Waals surface area contributed by atoms with Gasteiger partial charge in [-0.2, -0.15) is 13.2 Å². The molecule has 0 saturated carbocycles. The SMILES string of the molecule is Cc1cc(C(F)(F)F)c2c(C3CCCN(C(=O)Cc4ccc(N(C)C)cc4)C3)noc2n1. The van der Waals surface area contributed by atoms with Crippen LogP contribution in [-0.4, -0.2) is 48.1 Å². The number of carbonyl (C=O) groups is 1. The molecule has 32 heavy (non-hydrogen) atoms. The number of fused-ring (bicyclic) bond motifs is 1. The molecule has 1 amide bonds. The van der Waals surface area contributed by atoms with Crippen molar-refractivity contribution >= 4 is 22.7 Å². The smallest absolute Gasteiger partial charge is 0.378 e. The van der Waals surface area contributed by atoms with E-state index < -0.39 is 11.7 Å². The number of halogens is 3. The Morgan fingerprint density at radius 1 is 1.25 bits per heavy atom. The minimum absolute atomic E-state index is 0.0508. The highest BCUT2D eigenvalue weighted by atomic mass is 19.4. The van der Waals surface area contributed by atoms with Crippen molar-refractivity contribution in [1.82, 2.24) is 15.0 Å². The fraction of sp³-hybridized carbons (Fsp3) is 0.435. The van der Waals surface area contributed by atoms with E-state index in [1.54, 1.807) is 4.90 Å². The number of rotatable bonds is 4. The van der Waals surface area contributed by atoms with Crippen LogP contribution in [-0.2, 0) is 17.4 Å². The number of aryl methyl sites for hydroxylation is 1. The summed E-state index contributed by atoms with van der Waals surface area (Å²) in [7, 11) is 3.89. The topological polar surface area (TPSA) is 62.5 Å². The molecule has 1 aromatic carbocycles. The van der Waals surface area contributed by atoms with Gasteiger partial charge in [-0.25, -0.2) is 4.98 Å². The molecule has 1 unspecified atom stereocenters. The van der Waals surface area contributed by atoms with E-state index in [1.165, 1.54) is 6.92 Å². The van der Waals surface area contributed by atoms with Gasteiger partial charge in [0.25, 0.3) is 5.71 Å². The second-order valence-corrected chi connectivity index (χ2v) is 8.47. The molecule has 0 aliphatic carbocycles. The monoisotopic (exact) mass is 446 g/mol. The van der Waals surface area contributed by atoms with E-state index in [9.17, 15) is 18.0 Å². The molecule has 170 valence electrons. The standard InChI is InChI=1S/C23H25F3N4O2/c1-14-11-18(23(24,25)26)20-21(28-32-22(20)27-14)16-5-4-10-30(13-16)19(31)12-15-6-8-17(9-7-15)29(2)3/h6-9,11,16H,4-5,10,12-13H2,1-3H3. The number of hydrogen-bond acceptors (Lipinski definition) is 5. The van der Waals surface area contributed by atoms with Crippen molar-refractivity contribution in [2.75, 3.05) is 32.1 Å². The Bertz CT molecular complexity index is 1120. The van der Waals surface area contributed by atoms with Gasteiger partial charge in [-0.1, -0.05) is 17.3 Å². The van der Waals surface area contributed by atoms with Crippen LogP contribution in [0.5, 0.6) is 0 Å². The molecule has 9 heteroatoms. The summed E-state index contributed by atoms with van der Waals surface area (Å²) in [6.07, 6.45) is -2.98. The van der Waals surface area contributed by atoms with Crippen LogP contribution in [0.25, 0.3) is 11.1 Å². The Morgan fingerprint density at radius 2 is 1.97 bits per heavy atom. The van der Waals surface area contributed by atoms with E-state index in [-0.39, 0.29) is 40.7 Å². The molecular weight excluding hydrogens is 421 g/mol. The summed E-state index contributed by atoms with van der Waals surface area (Å²) in [5.74, 6) is -0.388. The maximum Gasteiger partial charge on any atom is 0.417 e. The van der Waals surface area contributed by atoms with E-state index in [2.05, 4.69) is 10.1 Å². The minimum Gasteiger partial charge on any atom is -0.378 e. The molecule has 1 atom stereocenters. The lowest BCUT2D eigenvalue weighted by Crippen LogP contribution is -2.40. The van der Waals surface area contributed by atoms with Gasteiger partial charge in [-0.3, -0.25) is 4.79 Å². The number of nitrogens with zero attached hydrogens (tertiary/aromatic N) is 4. The van der Waals surface area contributed by atoms with E-state index in [0.29, 0.717) is 25.9 Å². The minimum atomic E-state index is -4.55. The number of hydrogen-bond donors (Lipinski definition) is 0. The van der Waals surface area contributed by atoms with Crippen molar-refractivity contribution in [3.8, 4) is 0 Å². The number of amides is 1. The fourth-order valence-electron chi connectivity index (χ4n) is 4.22. The Hall–Kier alpha value is -3.10. The number of anilines is 1. The molecule has 1 aliphatic heterocycles. The fourth-order valence-corrected chi connectivity index (χ4v) is 4.22. The van der Waals surface area contributed by atoms with Gasteiger partial charge in [0, 0.05) is 44.5 Å². The lowest BCUT2D eigenvalue weighted by atomic mass is 9.91. The first-order valence-electron chi connectivity index (χ1n) is 10.5. The average molecular weight is 446 g/mol. The van der Waals surface area contributed by atoms with Gasteiger partial charge in [0.15, 0.2) is 0 Å². The quantitative estimate of drug-likeness (QED) is 0.588. The van der Waals surface area contributed by atoms with Crippen LogP contribution in [0.2, 0.25) is 0 Å². The van der Waals surface area contributed by atoms with Crippen LogP contribution in [0.4, 0.5) is 18.9 Å². The molecule has 3 aromatic rings. The first kappa shape index (κ1) is 22.1. The van der Waals surface area contributed by atoms with Gasteiger partial charge in [-0.05, 0) is 43.5 Å². The number of benzene rings is 1. The van der Waals surface area contributed by atoms with E-state index in [4.69, 9.17) is 4.52 Å². The molecule has 0 N–H and O–H groups in total. The normalized spacial score (nSPS) is 17.1. The van der Waals surface area contributed by atoms with Gasteiger partial charge < -0.3 is 14.3 Å². The number of alkyl halides is 3. The third-order valence-corrected chi connectivity index (χ3v) is 5.88. The third-order valence-electron chi connectivity index (χ3n) is 5.88. The zero-order valence-electron chi connectivity index (χ0n) is 18.2. The Kier molecular flexibility index (Phi) is 5.83. The molecule has 1 fully saturated rings. The zero-order chi connectivity index (χ0) is 23.0. The molecule has 3 heterocycles. The van der Waals surface area contributed by atoms with Crippen molar-refractivity contribution < 1.29 is 22.5 Å². The van der Waals surface area contributed by atoms with Crippen LogP contribution >= 0.6 is 0 Å². The lowest BCUT2D eigenvalue weighted by molar-refractivity contribution is -0.136. The molecule has 0 spiro atoms. The summed E-state index contributed by atoms with van der Waals surface area (Å²) in [6, 6.07) is 8.77. The Morgan fingerprint density at radius 3 is 2.62 bits per heavy atom. The number of pyridine rings is 1. The van der Waals surface area contributed by atoms with Gasteiger partial charge in [-0.15, -0.1) is 0 Å². The summed E-state index contributed by atoms with van der Waals surface area (Å²) in [5.41, 5.74) is 1.48. The van der Waals surface area contributed by atoms with Crippen molar-refractivity contribution in [2.24, 2.45) is 0 Å². The van der Waals surface area contributed by atoms with E-state index in [1.807, 2.05) is 43.3 Å². The van der Waals surface area contributed by atoms with Crippen molar-refractivity contribution in [1.29, 1.82) is 0 Å². The van der Waals surface area contributed by atoms with Gasteiger partial charge in [0.05, 0.1) is 23.1 Å². The number of carbonyl (C=O) groups excluding carboxylic acids is 1. The molecule has 2 aromatic heterocycles. The Labute approximate surface area is 184 Å². The molecule has 1 saturated heterocycles. The summed E-state index contributed by atoms with van der Waals surface area (Å²) < 4.78 is 46.2. The van der Waals surface area contributed by atoms with Crippen LogP contribution in [0.1, 0.15) is 41.3 Å². The summed E-state index contributed by atoms with van der Waals surface area (Å²) in [4.78, 5) is 20.7. The van der Waals surface area contributed by atoms with Crippen LogP contribution in [0, 0.1) is 6.92 Å². The molecule has 0 bridgehead atoms. The third kappa shape index (κ3) is 4.42. The van der Waals surface area contributed by atoms with Crippen LogP contribution in [0.15, 0.2) is 34.9 Å². The highest BCUT2D eigenvalue weighted by Crippen LogP contribution is 2.40. The largest absolute Gasteiger partial charge is 0.417 e. The predicted molar refractivity (Wildman–Crippen MR) is 115 cm³/mol. The predicted octanol–water partition coefficient (Wildman–Crippen LogP) is 4.56. The molecule has 0 radical (unpaired) electrons. The van der Waals surface area contributed by atoms with Gasteiger partial charge in [0.2, 0.25) is 5.91 Å². The Balaban J connectivity index is 1.55. The summed E-state index contributed by atoms with van der Waals surface area (Å²) in [5, 5.41) is 3.86. The highest BCUT2D eigenvalue weighted by Gasteiger charge is 2.38. The number of aromatic nitrogens is 2. The molecule has 4 rings (SSSR count). The first-order valence-corrected chi connectivity index (χ1v) is 10.5. The van der Waals surface area contributed by atoms with Crippen LogP contribution in [0.3, 0.4) is 0 Å². The summed E-state index contributed by atoms with van der Waals surface area (Å²) in [6.45, 7) is 2.37. The van der Waals surface area contributed by atoms with Crippen molar-refractivity contribution in [2.45, 2.75) is 38.3 Å². The zero-order valence-corrected chi connectivity index (χ0v) is 18.2. The van der Waals surface area contributed by atoms with Gasteiger partial charge >= 0.3 is 6.18 Å². The maximum atomic E-state index is 13.7. The lowest BCUT2D eigenvalue weighted by Gasteiger charge is -2.32. The second kappa shape index (κ2) is 8.44. The second-order valence-electron chi connectivity index (χ2n) is 8.47. The first-order chi connectivity index (χ1) is 15.1. The van der Waals surface area contributed by atoms with Crippen molar-refractivity contribution in [3.63, 3.8) is 0 Å². The molecule has 6 nitrogen and oxygen atoms in total. The number of likely N-dealkylation sites (tertiary alicyclic amines) is 1. The number of piperidine rings is 1. The van der Waals surface area contributed by atoms with Crippen molar-refractivity contribution in [3.05, 3.63) is 52.8 Å². The molecule has 1 aliphatic rings. The maximum absolute atomic E-state index is 13.7. The van der Waals surface area contributed by atoms with Gasteiger partial charge in [0.1, 0.15) is 0 Å². The molecular formula is C23H25F3N4O2. The summed E-state index contributed by atoms with van der Waals surface area (Å²) >= 11 is 0. The van der Waals surface area contributed by atoms with E-state index in [0.717, 1.165) is 17.3 Å². The highest BCUT2D eigenvalue weighted by molar-refractivity contribution is 5.82. The van der Waals surface area contributed by atoms with Crippen LogP contribution < -0.4 is 4.90 Å². The average Bonchev–Trinajstić information content (AvgIpc) is 3.16. The van der Waals surface area contributed by atoms with E-state index >= 15 is 0 Å².